The van der Waals surface area contributed by atoms with Gasteiger partial charge in [-0.2, -0.15) is 0 Å². The molecule has 0 spiro atoms. The van der Waals surface area contributed by atoms with E-state index in [4.69, 9.17) is 0 Å². The average molecular weight is 236 g/mol. The van der Waals surface area contributed by atoms with Gasteiger partial charge in [0, 0.05) is 0 Å². The number of rotatable bonds is 12. The Kier molecular flexibility index (Phi) is 14.4. The molecule has 0 amide bonds. The highest BCUT2D eigenvalue weighted by molar-refractivity contribution is 5.65. The van der Waals surface area contributed by atoms with E-state index >= 15 is 0 Å². The van der Waals surface area contributed by atoms with Crippen LogP contribution in [0, 0.1) is 0 Å². The average Bonchev–Trinajstić information content (AvgIpc) is 2.35. The molecule has 1 nitrogen and oxygen atoms in total. The fraction of sp³-hybridized carbons (Fsp3) is 0.688. The van der Waals surface area contributed by atoms with E-state index in [0.717, 1.165) is 12.7 Å². The summed E-state index contributed by atoms with van der Waals surface area (Å²) in [6.45, 7) is 2.26. The van der Waals surface area contributed by atoms with E-state index in [2.05, 4.69) is 13.0 Å². The number of hydrogen-bond donors (Lipinski definition) is 0. The number of aldehydes is 1. The van der Waals surface area contributed by atoms with Crippen molar-refractivity contribution < 1.29 is 4.79 Å². The molecule has 0 aromatic carbocycles. The zero-order valence-electron chi connectivity index (χ0n) is 11.4. The van der Waals surface area contributed by atoms with Gasteiger partial charge in [0.15, 0.2) is 0 Å². The molecule has 0 aliphatic rings. The van der Waals surface area contributed by atoms with Gasteiger partial charge in [0.2, 0.25) is 0 Å². The predicted octanol–water partition coefficient (Wildman–Crippen LogP) is 5.22. The van der Waals surface area contributed by atoms with E-state index in [1.807, 2.05) is 6.08 Å². The smallest absolute Gasteiger partial charge is 0.142 e. The van der Waals surface area contributed by atoms with E-state index in [1.165, 1.54) is 63.9 Å². The molecular formula is C16H28O. The van der Waals surface area contributed by atoms with Crippen molar-refractivity contribution in [1.29, 1.82) is 0 Å². The molecule has 0 rings (SSSR count). The Hall–Kier alpha value is -0.850. The van der Waals surface area contributed by atoms with Gasteiger partial charge >= 0.3 is 0 Å². The first-order valence-corrected chi connectivity index (χ1v) is 7.18. The van der Waals surface area contributed by atoms with Gasteiger partial charge in [-0.15, -0.1) is 0 Å². The largest absolute Gasteiger partial charge is 0.299 e. The Labute approximate surface area is 107 Å². The molecule has 0 aliphatic carbocycles. The van der Waals surface area contributed by atoms with Crippen molar-refractivity contribution in [3.63, 3.8) is 0 Å². The second-order valence-corrected chi connectivity index (χ2v) is 4.57. The lowest BCUT2D eigenvalue weighted by atomic mass is 10.1. The minimum absolute atomic E-state index is 0.808. The molecule has 1 heteroatoms. The van der Waals surface area contributed by atoms with Crippen LogP contribution in [0.5, 0.6) is 0 Å². The van der Waals surface area contributed by atoms with Crippen molar-refractivity contribution >= 4 is 6.29 Å². The molecule has 0 atom stereocenters. The van der Waals surface area contributed by atoms with Gasteiger partial charge in [-0.3, -0.25) is 4.79 Å². The van der Waals surface area contributed by atoms with Crippen molar-refractivity contribution in [2.24, 2.45) is 0 Å². The predicted molar refractivity (Wildman–Crippen MR) is 76.2 cm³/mol. The SMILES string of the molecule is CCCCCCCCCCC/C=C/C=C\C=O. The lowest BCUT2D eigenvalue weighted by Gasteiger charge is -2.00. The van der Waals surface area contributed by atoms with Crippen LogP contribution < -0.4 is 0 Å². The monoisotopic (exact) mass is 236 g/mol. The summed E-state index contributed by atoms with van der Waals surface area (Å²) in [6.07, 6.45) is 21.8. The third kappa shape index (κ3) is 15.1. The first-order chi connectivity index (χ1) is 8.41. The van der Waals surface area contributed by atoms with E-state index in [-0.39, 0.29) is 0 Å². The lowest BCUT2D eigenvalue weighted by Crippen LogP contribution is -1.80. The molecule has 0 radical (unpaired) electrons. The molecule has 17 heavy (non-hydrogen) atoms. The summed E-state index contributed by atoms with van der Waals surface area (Å²) in [6, 6.07) is 0. The molecule has 0 aliphatic heterocycles. The van der Waals surface area contributed by atoms with Gasteiger partial charge in [-0.25, -0.2) is 0 Å². The summed E-state index contributed by atoms with van der Waals surface area (Å²) < 4.78 is 0. The van der Waals surface area contributed by atoms with E-state index in [1.54, 1.807) is 6.08 Å². The molecule has 0 saturated carbocycles. The molecule has 0 heterocycles. The third-order valence-corrected chi connectivity index (χ3v) is 2.91. The minimum atomic E-state index is 0.808. The summed E-state index contributed by atoms with van der Waals surface area (Å²) in [5.41, 5.74) is 0. The summed E-state index contributed by atoms with van der Waals surface area (Å²) in [5.74, 6) is 0. The van der Waals surface area contributed by atoms with Gasteiger partial charge in [-0.05, 0) is 18.9 Å². The Morgan fingerprint density at radius 1 is 0.706 bits per heavy atom. The van der Waals surface area contributed by atoms with Crippen LogP contribution in [0.15, 0.2) is 24.3 Å². The normalized spacial score (nSPS) is 11.6. The van der Waals surface area contributed by atoms with Crippen LogP contribution in [-0.4, -0.2) is 6.29 Å². The zero-order chi connectivity index (χ0) is 12.6. The fourth-order valence-electron chi connectivity index (χ4n) is 1.86. The maximum absolute atomic E-state index is 9.99. The molecule has 0 fully saturated rings. The Morgan fingerprint density at radius 2 is 1.29 bits per heavy atom. The van der Waals surface area contributed by atoms with Crippen molar-refractivity contribution in [3.05, 3.63) is 24.3 Å². The molecular weight excluding hydrogens is 208 g/mol. The van der Waals surface area contributed by atoms with Crippen LogP contribution in [0.2, 0.25) is 0 Å². The number of hydrogen-bond acceptors (Lipinski definition) is 1. The first-order valence-electron chi connectivity index (χ1n) is 7.18. The van der Waals surface area contributed by atoms with Crippen molar-refractivity contribution in [3.8, 4) is 0 Å². The molecule has 0 N–H and O–H groups in total. The Balaban J connectivity index is 3.05. The molecule has 0 aromatic heterocycles. The highest BCUT2D eigenvalue weighted by Gasteiger charge is 1.90. The molecule has 0 unspecified atom stereocenters. The van der Waals surface area contributed by atoms with Crippen LogP contribution >= 0.6 is 0 Å². The summed E-state index contributed by atoms with van der Waals surface area (Å²) in [4.78, 5) is 9.99. The summed E-state index contributed by atoms with van der Waals surface area (Å²) >= 11 is 0. The van der Waals surface area contributed by atoms with Gasteiger partial charge in [0.25, 0.3) is 0 Å². The maximum atomic E-state index is 9.99. The fourth-order valence-corrected chi connectivity index (χ4v) is 1.86. The highest BCUT2D eigenvalue weighted by atomic mass is 16.1. The summed E-state index contributed by atoms with van der Waals surface area (Å²) in [5, 5.41) is 0. The number of carbonyl (C=O) groups excluding carboxylic acids is 1. The molecule has 0 saturated heterocycles. The van der Waals surface area contributed by atoms with Crippen LogP contribution in [0.4, 0.5) is 0 Å². The van der Waals surface area contributed by atoms with Crippen molar-refractivity contribution in [1.82, 2.24) is 0 Å². The third-order valence-electron chi connectivity index (χ3n) is 2.91. The van der Waals surface area contributed by atoms with Crippen LogP contribution in [-0.2, 0) is 4.79 Å². The van der Waals surface area contributed by atoms with Crippen molar-refractivity contribution in [2.75, 3.05) is 0 Å². The quantitative estimate of drug-likeness (QED) is 0.196. The van der Waals surface area contributed by atoms with E-state index < -0.39 is 0 Å². The van der Waals surface area contributed by atoms with Gasteiger partial charge in [0.1, 0.15) is 6.29 Å². The maximum Gasteiger partial charge on any atom is 0.142 e. The Bertz CT molecular complexity index is 204. The molecule has 0 bridgehead atoms. The molecule has 98 valence electrons. The van der Waals surface area contributed by atoms with Crippen molar-refractivity contribution in [2.45, 2.75) is 71.1 Å². The number of carbonyl (C=O) groups is 1. The standard InChI is InChI=1S/C16H28O/c1-2-3-4-5-6-7-8-9-10-11-12-13-14-15-16-17/h12-16H,2-11H2,1H3/b13-12+,15-14-. The van der Waals surface area contributed by atoms with Gasteiger partial charge in [-0.1, -0.05) is 76.5 Å². The second-order valence-electron chi connectivity index (χ2n) is 4.57. The highest BCUT2D eigenvalue weighted by Crippen LogP contribution is 2.10. The summed E-state index contributed by atoms with van der Waals surface area (Å²) in [7, 11) is 0. The zero-order valence-corrected chi connectivity index (χ0v) is 11.4. The minimum Gasteiger partial charge on any atom is -0.299 e. The number of allylic oxidation sites excluding steroid dienone is 4. The lowest BCUT2D eigenvalue weighted by molar-refractivity contribution is -0.104. The topological polar surface area (TPSA) is 17.1 Å². The van der Waals surface area contributed by atoms with Gasteiger partial charge < -0.3 is 0 Å². The van der Waals surface area contributed by atoms with Crippen LogP contribution in [0.25, 0.3) is 0 Å². The van der Waals surface area contributed by atoms with Gasteiger partial charge in [0.05, 0.1) is 0 Å². The number of unbranched alkanes of at least 4 members (excludes halogenated alkanes) is 9. The van der Waals surface area contributed by atoms with Crippen LogP contribution in [0.1, 0.15) is 71.1 Å². The van der Waals surface area contributed by atoms with E-state index in [9.17, 15) is 4.79 Å². The first kappa shape index (κ1) is 16.1. The molecule has 0 aromatic rings. The van der Waals surface area contributed by atoms with E-state index in [0.29, 0.717) is 0 Å². The second kappa shape index (κ2) is 15.1. The van der Waals surface area contributed by atoms with Crippen LogP contribution in [0.3, 0.4) is 0 Å². The Morgan fingerprint density at radius 3 is 1.88 bits per heavy atom.